The summed E-state index contributed by atoms with van der Waals surface area (Å²) < 4.78 is 16.9. The number of nitrogens with one attached hydrogen (secondary N) is 1. The lowest BCUT2D eigenvalue weighted by Crippen LogP contribution is -2.35. The van der Waals surface area contributed by atoms with Gasteiger partial charge in [-0.2, -0.15) is 0 Å². The molecule has 28 heavy (non-hydrogen) atoms. The first-order valence-corrected chi connectivity index (χ1v) is 9.51. The van der Waals surface area contributed by atoms with E-state index in [1.165, 1.54) is 16.3 Å². The van der Waals surface area contributed by atoms with Crippen LogP contribution < -0.4 is 10.1 Å². The van der Waals surface area contributed by atoms with E-state index in [1.54, 1.807) is 12.1 Å². The third-order valence-corrected chi connectivity index (χ3v) is 4.83. The minimum absolute atomic E-state index is 0.207. The highest BCUT2D eigenvalue weighted by atomic mass is 16.7. The summed E-state index contributed by atoms with van der Waals surface area (Å²) in [7, 11) is 0. The van der Waals surface area contributed by atoms with Crippen LogP contribution in [0.15, 0.2) is 72.8 Å². The highest BCUT2D eigenvalue weighted by Crippen LogP contribution is 2.29. The molecule has 0 aliphatic carbocycles. The zero-order chi connectivity index (χ0) is 19.2. The first-order chi connectivity index (χ1) is 13.8. The van der Waals surface area contributed by atoms with Crippen molar-refractivity contribution in [3.05, 3.63) is 78.4 Å². The molecule has 4 rings (SSSR count). The summed E-state index contributed by atoms with van der Waals surface area (Å²) in [6, 6.07) is 23.7. The molecule has 3 aromatic carbocycles. The predicted molar refractivity (Wildman–Crippen MR) is 107 cm³/mol. The number of hydrogen-bond donors (Lipinski definition) is 1. The molecule has 1 aliphatic heterocycles. The normalized spacial score (nSPS) is 19.3. The average Bonchev–Trinajstić information content (AvgIpc) is 2.75. The second-order valence-corrected chi connectivity index (χ2v) is 6.78. The summed E-state index contributed by atoms with van der Waals surface area (Å²) in [6.07, 6.45) is -0.217. The molecule has 0 saturated carbocycles. The minimum Gasteiger partial charge on any atom is -0.410 e. The maximum Gasteiger partial charge on any atom is 0.412 e. The van der Waals surface area contributed by atoms with E-state index in [9.17, 15) is 4.79 Å². The predicted octanol–water partition coefficient (Wildman–Crippen LogP) is 4.48. The molecule has 0 radical (unpaired) electrons. The molecular weight excluding hydrogens is 354 g/mol. The Morgan fingerprint density at radius 1 is 0.929 bits per heavy atom. The van der Waals surface area contributed by atoms with Gasteiger partial charge in [-0.15, -0.1) is 0 Å². The SMILES string of the molecule is O=C(NCCC1OCC(c2cccc3ccccc23)CO1)Oc1ccccc1. The van der Waals surface area contributed by atoms with Crippen molar-refractivity contribution in [2.75, 3.05) is 19.8 Å². The van der Waals surface area contributed by atoms with Gasteiger partial charge in [0.25, 0.3) is 0 Å². The largest absolute Gasteiger partial charge is 0.412 e. The first-order valence-electron chi connectivity index (χ1n) is 9.51. The maximum atomic E-state index is 11.8. The van der Waals surface area contributed by atoms with Crippen molar-refractivity contribution in [2.24, 2.45) is 0 Å². The lowest BCUT2D eigenvalue weighted by molar-refractivity contribution is -0.188. The first kappa shape index (κ1) is 18.5. The minimum atomic E-state index is -0.476. The van der Waals surface area contributed by atoms with Gasteiger partial charge in [0.1, 0.15) is 5.75 Å². The summed E-state index contributed by atoms with van der Waals surface area (Å²) in [4.78, 5) is 11.8. The fourth-order valence-corrected chi connectivity index (χ4v) is 3.42. The summed E-state index contributed by atoms with van der Waals surface area (Å²) in [5, 5.41) is 5.19. The number of carbonyl (C=O) groups is 1. The molecular formula is C23H23NO4. The van der Waals surface area contributed by atoms with Gasteiger partial charge in [0.15, 0.2) is 6.29 Å². The van der Waals surface area contributed by atoms with E-state index in [0.717, 1.165) is 0 Å². The van der Waals surface area contributed by atoms with E-state index < -0.39 is 6.09 Å². The quantitative estimate of drug-likeness (QED) is 0.712. The van der Waals surface area contributed by atoms with Gasteiger partial charge in [0, 0.05) is 18.9 Å². The van der Waals surface area contributed by atoms with Crippen molar-refractivity contribution in [1.82, 2.24) is 5.32 Å². The second kappa shape index (κ2) is 8.87. The number of rotatable bonds is 5. The summed E-state index contributed by atoms with van der Waals surface area (Å²) >= 11 is 0. The topological polar surface area (TPSA) is 56.8 Å². The van der Waals surface area contributed by atoms with Gasteiger partial charge in [0.2, 0.25) is 0 Å². The Labute approximate surface area is 164 Å². The third kappa shape index (κ3) is 4.50. The number of carbonyl (C=O) groups excluding carboxylic acids is 1. The van der Waals surface area contributed by atoms with Crippen LogP contribution in [0.1, 0.15) is 17.9 Å². The Balaban J connectivity index is 1.24. The second-order valence-electron chi connectivity index (χ2n) is 6.78. The number of benzene rings is 3. The van der Waals surface area contributed by atoms with E-state index in [-0.39, 0.29) is 12.2 Å². The summed E-state index contributed by atoms with van der Waals surface area (Å²) in [5.41, 5.74) is 1.25. The lowest BCUT2D eigenvalue weighted by Gasteiger charge is -2.30. The van der Waals surface area contributed by atoms with Crippen LogP contribution in [0.25, 0.3) is 10.8 Å². The van der Waals surface area contributed by atoms with Crippen molar-refractivity contribution in [1.29, 1.82) is 0 Å². The molecule has 1 fully saturated rings. The molecule has 1 saturated heterocycles. The van der Waals surface area contributed by atoms with Crippen LogP contribution in [0, 0.1) is 0 Å². The van der Waals surface area contributed by atoms with Gasteiger partial charge in [-0.3, -0.25) is 0 Å². The molecule has 5 nitrogen and oxygen atoms in total. The third-order valence-electron chi connectivity index (χ3n) is 4.83. The van der Waals surface area contributed by atoms with Crippen LogP contribution in [-0.4, -0.2) is 32.1 Å². The Morgan fingerprint density at radius 2 is 1.64 bits per heavy atom. The molecule has 0 bridgehead atoms. The maximum absolute atomic E-state index is 11.8. The van der Waals surface area contributed by atoms with Crippen molar-refractivity contribution in [3.63, 3.8) is 0 Å². The number of fused-ring (bicyclic) bond motifs is 1. The van der Waals surface area contributed by atoms with E-state index in [1.807, 2.05) is 24.3 Å². The molecule has 0 aromatic heterocycles. The molecule has 144 valence electrons. The van der Waals surface area contributed by atoms with Crippen LogP contribution >= 0.6 is 0 Å². The van der Waals surface area contributed by atoms with E-state index in [2.05, 4.69) is 41.7 Å². The van der Waals surface area contributed by atoms with E-state index in [0.29, 0.717) is 31.9 Å². The van der Waals surface area contributed by atoms with Crippen LogP contribution in [0.2, 0.25) is 0 Å². The molecule has 0 unspecified atom stereocenters. The monoisotopic (exact) mass is 377 g/mol. The van der Waals surface area contributed by atoms with Gasteiger partial charge in [0.05, 0.1) is 13.2 Å². The fraction of sp³-hybridized carbons (Fsp3) is 0.261. The van der Waals surface area contributed by atoms with Crippen LogP contribution in [0.4, 0.5) is 4.79 Å². The van der Waals surface area contributed by atoms with Crippen LogP contribution in [-0.2, 0) is 9.47 Å². The number of hydrogen-bond acceptors (Lipinski definition) is 4. The van der Waals surface area contributed by atoms with Gasteiger partial charge < -0.3 is 19.5 Å². The van der Waals surface area contributed by atoms with Gasteiger partial charge in [-0.1, -0.05) is 60.7 Å². The molecule has 1 amide bonds. The Morgan fingerprint density at radius 3 is 2.46 bits per heavy atom. The Hall–Kier alpha value is -2.89. The van der Waals surface area contributed by atoms with Gasteiger partial charge >= 0.3 is 6.09 Å². The van der Waals surface area contributed by atoms with Crippen LogP contribution in [0.3, 0.4) is 0 Å². The van der Waals surface area contributed by atoms with E-state index >= 15 is 0 Å². The van der Waals surface area contributed by atoms with Crippen molar-refractivity contribution in [3.8, 4) is 5.75 Å². The van der Waals surface area contributed by atoms with Gasteiger partial charge in [-0.05, 0) is 28.5 Å². The summed E-state index contributed by atoms with van der Waals surface area (Å²) in [5.74, 6) is 0.724. The molecule has 1 aliphatic rings. The number of amides is 1. The molecule has 0 spiro atoms. The smallest absolute Gasteiger partial charge is 0.410 e. The van der Waals surface area contributed by atoms with Crippen molar-refractivity contribution >= 4 is 16.9 Å². The zero-order valence-electron chi connectivity index (χ0n) is 15.5. The van der Waals surface area contributed by atoms with Crippen molar-refractivity contribution < 1.29 is 19.0 Å². The average molecular weight is 377 g/mol. The number of ether oxygens (including phenoxy) is 3. The highest BCUT2D eigenvalue weighted by molar-refractivity contribution is 5.86. The molecule has 0 atom stereocenters. The van der Waals surface area contributed by atoms with Crippen LogP contribution in [0.5, 0.6) is 5.75 Å². The van der Waals surface area contributed by atoms with E-state index in [4.69, 9.17) is 14.2 Å². The molecule has 1 heterocycles. The Kier molecular flexibility index (Phi) is 5.85. The number of para-hydroxylation sites is 1. The lowest BCUT2D eigenvalue weighted by atomic mass is 9.94. The molecule has 1 N–H and O–H groups in total. The van der Waals surface area contributed by atoms with Crippen molar-refractivity contribution in [2.45, 2.75) is 18.6 Å². The molecule has 3 aromatic rings. The standard InChI is InChI=1S/C23H23NO4/c25-23(28-19-9-2-1-3-10-19)24-14-13-22-26-15-18(16-27-22)21-12-6-8-17-7-4-5-11-20(17)21/h1-12,18,22H,13-16H2,(H,24,25). The summed E-state index contributed by atoms with van der Waals surface area (Å²) in [6.45, 7) is 1.63. The zero-order valence-corrected chi connectivity index (χ0v) is 15.5. The molecule has 5 heteroatoms. The highest BCUT2D eigenvalue weighted by Gasteiger charge is 2.24. The Bertz CT molecular complexity index is 915. The fourth-order valence-electron chi connectivity index (χ4n) is 3.42. The van der Waals surface area contributed by atoms with Gasteiger partial charge in [-0.25, -0.2) is 4.79 Å².